The van der Waals surface area contributed by atoms with Gasteiger partial charge in [-0.3, -0.25) is 9.48 Å². The predicted molar refractivity (Wildman–Crippen MR) is 108 cm³/mol. The Kier molecular flexibility index (Phi) is 6.42. The van der Waals surface area contributed by atoms with Crippen LogP contribution in [0.5, 0.6) is 0 Å². The van der Waals surface area contributed by atoms with E-state index in [9.17, 15) is 23.1 Å². The van der Waals surface area contributed by atoms with E-state index in [1.807, 2.05) is 30.3 Å². The van der Waals surface area contributed by atoms with E-state index in [0.717, 1.165) is 17.2 Å². The first kappa shape index (κ1) is 22.1. The highest BCUT2D eigenvalue weighted by molar-refractivity contribution is 5.92. The van der Waals surface area contributed by atoms with E-state index < -0.39 is 35.2 Å². The number of anilines is 1. The minimum absolute atomic E-state index is 0.0303. The average molecular weight is 428 g/mol. The van der Waals surface area contributed by atoms with Crippen LogP contribution in [0, 0.1) is 17.2 Å². The molecule has 2 N–H and O–H groups in total. The fourth-order valence-electron chi connectivity index (χ4n) is 2.98. The molecule has 31 heavy (non-hydrogen) atoms. The molecule has 0 fully saturated rings. The SMILES string of the molecule is C[C@@H](C(=O)Nc1ccc(C#N)c(C(F)(F)F)c1)[C@H](O)Cn1cc(-c2ccccc2)cn1. The molecule has 9 heteroatoms. The van der Waals surface area contributed by atoms with Gasteiger partial charge in [0.2, 0.25) is 5.91 Å². The smallest absolute Gasteiger partial charge is 0.390 e. The van der Waals surface area contributed by atoms with Gasteiger partial charge in [-0.25, -0.2) is 0 Å². The minimum Gasteiger partial charge on any atom is -0.390 e. The van der Waals surface area contributed by atoms with Gasteiger partial charge in [-0.15, -0.1) is 0 Å². The van der Waals surface area contributed by atoms with Crippen molar-refractivity contribution in [3.8, 4) is 17.2 Å². The molecule has 0 radical (unpaired) electrons. The Morgan fingerprint density at radius 2 is 1.94 bits per heavy atom. The number of rotatable bonds is 6. The molecule has 2 atom stereocenters. The first-order valence-corrected chi connectivity index (χ1v) is 9.37. The molecule has 0 bridgehead atoms. The Morgan fingerprint density at radius 3 is 2.58 bits per heavy atom. The summed E-state index contributed by atoms with van der Waals surface area (Å²) < 4.78 is 40.8. The van der Waals surface area contributed by atoms with E-state index in [-0.39, 0.29) is 12.2 Å². The Balaban J connectivity index is 1.66. The number of hydrogen-bond acceptors (Lipinski definition) is 4. The fourth-order valence-corrected chi connectivity index (χ4v) is 2.98. The van der Waals surface area contributed by atoms with E-state index in [0.29, 0.717) is 6.07 Å². The standard InChI is InChI=1S/C22H19F3N4O2/c1-14(20(30)13-29-12-17(11-27-29)15-5-3-2-4-6-15)21(31)28-18-8-7-16(10-26)19(9-18)22(23,24)25/h2-9,11-12,14,20,30H,13H2,1H3,(H,28,31)/t14-,20-/m1/s1. The van der Waals surface area contributed by atoms with Crippen molar-refractivity contribution >= 4 is 11.6 Å². The summed E-state index contributed by atoms with van der Waals surface area (Å²) in [7, 11) is 0. The van der Waals surface area contributed by atoms with Crippen molar-refractivity contribution in [3.05, 3.63) is 72.1 Å². The number of carbonyl (C=O) groups excluding carboxylic acids is 1. The van der Waals surface area contributed by atoms with Crippen molar-refractivity contribution < 1.29 is 23.1 Å². The minimum atomic E-state index is -4.73. The number of alkyl halides is 3. The molecule has 6 nitrogen and oxygen atoms in total. The molecule has 2 aromatic carbocycles. The quantitative estimate of drug-likeness (QED) is 0.619. The lowest BCUT2D eigenvalue weighted by atomic mass is 10.0. The lowest BCUT2D eigenvalue weighted by Gasteiger charge is -2.19. The summed E-state index contributed by atoms with van der Waals surface area (Å²) in [4.78, 5) is 12.4. The number of amides is 1. The Hall–Kier alpha value is -3.64. The van der Waals surface area contributed by atoms with E-state index in [1.54, 1.807) is 12.4 Å². The van der Waals surface area contributed by atoms with Crippen LogP contribution in [0.3, 0.4) is 0 Å². The van der Waals surface area contributed by atoms with E-state index in [1.165, 1.54) is 23.7 Å². The van der Waals surface area contributed by atoms with Crippen LogP contribution in [0.2, 0.25) is 0 Å². The van der Waals surface area contributed by atoms with Gasteiger partial charge in [-0.05, 0) is 23.8 Å². The molecule has 0 saturated carbocycles. The van der Waals surface area contributed by atoms with Crippen LogP contribution >= 0.6 is 0 Å². The molecule has 0 spiro atoms. The third kappa shape index (κ3) is 5.29. The molecule has 1 aromatic heterocycles. The maximum atomic E-state index is 13.1. The van der Waals surface area contributed by atoms with Crippen LogP contribution in [0.15, 0.2) is 60.9 Å². The molecule has 3 rings (SSSR count). The van der Waals surface area contributed by atoms with Crippen molar-refractivity contribution in [1.82, 2.24) is 9.78 Å². The molecule has 0 unspecified atom stereocenters. The Labute approximate surface area is 176 Å². The van der Waals surface area contributed by atoms with Crippen molar-refractivity contribution in [2.24, 2.45) is 5.92 Å². The zero-order valence-corrected chi connectivity index (χ0v) is 16.5. The van der Waals surface area contributed by atoms with E-state index in [4.69, 9.17) is 5.26 Å². The number of nitrogens with zero attached hydrogens (tertiary/aromatic N) is 3. The predicted octanol–water partition coefficient (Wildman–Crippen LogP) is 4.08. The summed E-state index contributed by atoms with van der Waals surface area (Å²) in [6.45, 7) is 1.50. The maximum absolute atomic E-state index is 13.1. The zero-order chi connectivity index (χ0) is 22.6. The van der Waals surface area contributed by atoms with Crippen molar-refractivity contribution in [2.45, 2.75) is 25.7 Å². The van der Waals surface area contributed by atoms with Gasteiger partial charge in [0.1, 0.15) is 0 Å². The third-order valence-corrected chi connectivity index (χ3v) is 4.82. The number of benzene rings is 2. The van der Waals surface area contributed by atoms with Crippen molar-refractivity contribution in [1.29, 1.82) is 5.26 Å². The second kappa shape index (κ2) is 9.02. The number of halogens is 3. The van der Waals surface area contributed by atoms with Gasteiger partial charge in [-0.1, -0.05) is 37.3 Å². The van der Waals surface area contributed by atoms with Gasteiger partial charge in [0.05, 0.1) is 42.0 Å². The second-order valence-corrected chi connectivity index (χ2v) is 7.03. The number of aromatic nitrogens is 2. The molecular formula is C22H19F3N4O2. The highest BCUT2D eigenvalue weighted by atomic mass is 19.4. The lowest BCUT2D eigenvalue weighted by molar-refractivity contribution is -0.137. The van der Waals surface area contributed by atoms with Crippen LogP contribution in [-0.4, -0.2) is 26.9 Å². The summed E-state index contributed by atoms with van der Waals surface area (Å²) in [6, 6.07) is 13.9. The van der Waals surface area contributed by atoms with Gasteiger partial charge in [-0.2, -0.15) is 23.5 Å². The molecule has 1 amide bonds. The van der Waals surface area contributed by atoms with Gasteiger partial charge >= 0.3 is 6.18 Å². The summed E-state index contributed by atoms with van der Waals surface area (Å²) >= 11 is 0. The number of carbonyl (C=O) groups is 1. The van der Waals surface area contributed by atoms with Gasteiger partial charge in [0.15, 0.2) is 0 Å². The van der Waals surface area contributed by atoms with Crippen molar-refractivity contribution in [2.75, 3.05) is 5.32 Å². The van der Waals surface area contributed by atoms with E-state index >= 15 is 0 Å². The van der Waals surface area contributed by atoms with Crippen LogP contribution in [0.4, 0.5) is 18.9 Å². The number of aliphatic hydroxyl groups is 1. The third-order valence-electron chi connectivity index (χ3n) is 4.82. The Bertz CT molecular complexity index is 1100. The summed E-state index contributed by atoms with van der Waals surface area (Å²) in [6.07, 6.45) is -2.47. The molecule has 160 valence electrons. The highest BCUT2D eigenvalue weighted by Gasteiger charge is 2.34. The molecule has 0 saturated heterocycles. The van der Waals surface area contributed by atoms with E-state index in [2.05, 4.69) is 10.4 Å². The fraction of sp³-hybridized carbons (Fsp3) is 0.227. The number of nitriles is 1. The average Bonchev–Trinajstić information content (AvgIpc) is 3.21. The van der Waals surface area contributed by atoms with Crippen LogP contribution in [0.1, 0.15) is 18.1 Å². The van der Waals surface area contributed by atoms with Crippen LogP contribution in [0.25, 0.3) is 11.1 Å². The highest BCUT2D eigenvalue weighted by Crippen LogP contribution is 2.33. The first-order valence-electron chi connectivity index (χ1n) is 9.37. The monoisotopic (exact) mass is 428 g/mol. The van der Waals surface area contributed by atoms with Gasteiger partial charge in [0.25, 0.3) is 0 Å². The number of aliphatic hydroxyl groups excluding tert-OH is 1. The second-order valence-electron chi connectivity index (χ2n) is 7.03. The van der Waals surface area contributed by atoms with Crippen molar-refractivity contribution in [3.63, 3.8) is 0 Å². The van der Waals surface area contributed by atoms with Crippen LogP contribution < -0.4 is 5.32 Å². The molecule has 3 aromatic rings. The largest absolute Gasteiger partial charge is 0.417 e. The number of hydrogen-bond donors (Lipinski definition) is 2. The normalized spacial score (nSPS) is 13.3. The van der Waals surface area contributed by atoms with Gasteiger partial charge in [0, 0.05) is 17.4 Å². The zero-order valence-electron chi connectivity index (χ0n) is 16.5. The molecule has 0 aliphatic carbocycles. The first-order chi connectivity index (χ1) is 14.7. The summed E-state index contributed by atoms with van der Waals surface area (Å²) in [5.74, 6) is -1.57. The van der Waals surface area contributed by atoms with Gasteiger partial charge < -0.3 is 10.4 Å². The Morgan fingerprint density at radius 1 is 1.23 bits per heavy atom. The molecule has 1 heterocycles. The summed E-state index contributed by atoms with van der Waals surface area (Å²) in [5, 5.41) is 25.8. The molecule has 0 aliphatic heterocycles. The maximum Gasteiger partial charge on any atom is 0.417 e. The molecular weight excluding hydrogens is 409 g/mol. The lowest BCUT2D eigenvalue weighted by Crippen LogP contribution is -2.33. The van der Waals surface area contributed by atoms with Crippen LogP contribution in [-0.2, 0) is 17.5 Å². The topological polar surface area (TPSA) is 90.9 Å². The molecule has 0 aliphatic rings. The summed E-state index contributed by atoms with van der Waals surface area (Å²) in [5.41, 5.74) is 0.0239. The number of nitrogens with one attached hydrogen (secondary N) is 1.